The van der Waals surface area contributed by atoms with Gasteiger partial charge >= 0.3 is 0 Å². The van der Waals surface area contributed by atoms with Gasteiger partial charge in [0, 0.05) is 0 Å². The van der Waals surface area contributed by atoms with Gasteiger partial charge in [0.15, 0.2) is 8.24 Å². The van der Waals surface area contributed by atoms with Crippen molar-refractivity contribution in [1.29, 1.82) is 0 Å². The quantitative estimate of drug-likeness (QED) is 0.566. The van der Waals surface area contributed by atoms with Crippen LogP contribution in [0.5, 0.6) is 0 Å². The molecule has 0 saturated carbocycles. The van der Waals surface area contributed by atoms with E-state index in [0.29, 0.717) is 5.95 Å². The fourth-order valence-electron chi connectivity index (χ4n) is 1.77. The Morgan fingerprint density at radius 1 is 1.00 bits per heavy atom. The van der Waals surface area contributed by atoms with Crippen molar-refractivity contribution in [1.82, 2.24) is 15.0 Å². The van der Waals surface area contributed by atoms with Crippen molar-refractivity contribution in [2.24, 2.45) is 0 Å². The second-order valence-corrected chi connectivity index (χ2v) is 7.88. The van der Waals surface area contributed by atoms with Gasteiger partial charge in [0.1, 0.15) is 12.7 Å². The number of nitrogens with zero attached hydrogens (tertiary/aromatic N) is 3. The smallest absolute Gasteiger partial charge is 0.217 e. The molecular weight excluding hydrogens is 228 g/mol. The molecule has 1 aromatic rings. The number of rotatable bonds is 8. The lowest BCUT2D eigenvalue weighted by Crippen LogP contribution is -2.42. The minimum atomic E-state index is -1.79. The lowest BCUT2D eigenvalue weighted by atomic mass is 10.7. The first-order valence-electron chi connectivity index (χ1n) is 5.49. The van der Waals surface area contributed by atoms with Crippen LogP contribution in [-0.4, -0.2) is 23.2 Å². The first kappa shape index (κ1) is 13.3. The molecule has 4 nitrogen and oxygen atoms in total. The molecule has 90 valence electrons. The molecule has 17 heavy (non-hydrogen) atoms. The zero-order valence-corrected chi connectivity index (χ0v) is 11.0. The predicted octanol–water partition coefficient (Wildman–Crippen LogP) is 2.79. The molecular formula is C12H18N4Si. The number of aromatic nitrogens is 3. The van der Waals surface area contributed by atoms with Crippen LogP contribution in [0.1, 0.15) is 0 Å². The van der Waals surface area contributed by atoms with E-state index >= 15 is 0 Å². The van der Waals surface area contributed by atoms with E-state index < -0.39 is 8.24 Å². The van der Waals surface area contributed by atoms with E-state index in [9.17, 15) is 0 Å². The van der Waals surface area contributed by atoms with Crippen LogP contribution >= 0.6 is 0 Å². The predicted molar refractivity (Wildman–Crippen MR) is 74.2 cm³/mol. The Bertz CT molecular complexity index is 351. The van der Waals surface area contributed by atoms with Crippen molar-refractivity contribution in [2.45, 2.75) is 18.1 Å². The zero-order valence-electron chi connectivity index (χ0n) is 9.97. The summed E-state index contributed by atoms with van der Waals surface area (Å²) in [6.07, 6.45) is 8.79. The van der Waals surface area contributed by atoms with E-state index in [-0.39, 0.29) is 0 Å². The van der Waals surface area contributed by atoms with Crippen molar-refractivity contribution in [3.05, 3.63) is 50.6 Å². The third-order valence-corrected chi connectivity index (χ3v) is 6.44. The minimum Gasteiger partial charge on any atom is -0.379 e. The molecule has 0 atom stereocenters. The standard InChI is InChI=1S/C12H18N4Si/c1-4-7-17(8-5-2,9-6-3)16-12-14-10-13-11-15-12/h4-6,10-11H,1-3,7-9H2,(H,13,14,15,16). The van der Waals surface area contributed by atoms with Crippen LogP contribution in [-0.2, 0) is 0 Å². The van der Waals surface area contributed by atoms with E-state index in [0.717, 1.165) is 18.1 Å². The van der Waals surface area contributed by atoms with Crippen molar-refractivity contribution in [3.63, 3.8) is 0 Å². The minimum absolute atomic E-state index is 0.622. The molecule has 0 aliphatic rings. The summed E-state index contributed by atoms with van der Waals surface area (Å²) in [5.41, 5.74) is 0. The SMILES string of the molecule is C=CC[Si](CC=C)(CC=C)Nc1ncncn1. The van der Waals surface area contributed by atoms with Crippen LogP contribution < -0.4 is 4.98 Å². The van der Waals surface area contributed by atoms with Crippen molar-refractivity contribution < 1.29 is 0 Å². The third kappa shape index (κ3) is 3.95. The van der Waals surface area contributed by atoms with Crippen LogP contribution in [0.4, 0.5) is 5.95 Å². The monoisotopic (exact) mass is 246 g/mol. The molecule has 1 heterocycles. The summed E-state index contributed by atoms with van der Waals surface area (Å²) in [4.78, 5) is 15.5. The summed E-state index contributed by atoms with van der Waals surface area (Å²) >= 11 is 0. The summed E-state index contributed by atoms with van der Waals surface area (Å²) in [6, 6.07) is 2.78. The van der Waals surface area contributed by atoms with Gasteiger partial charge < -0.3 is 4.98 Å². The molecule has 0 aromatic carbocycles. The maximum Gasteiger partial charge on any atom is 0.217 e. The Hall–Kier alpha value is -1.75. The first-order valence-corrected chi connectivity index (χ1v) is 8.11. The lowest BCUT2D eigenvalue weighted by Gasteiger charge is -2.29. The maximum absolute atomic E-state index is 4.11. The molecule has 0 aliphatic heterocycles. The van der Waals surface area contributed by atoms with Crippen LogP contribution in [0.2, 0.25) is 18.1 Å². The fraction of sp³-hybridized carbons (Fsp3) is 0.250. The van der Waals surface area contributed by atoms with Crippen LogP contribution in [0.3, 0.4) is 0 Å². The second-order valence-electron chi connectivity index (χ2n) is 3.85. The molecule has 0 fully saturated rings. The Morgan fingerprint density at radius 2 is 1.47 bits per heavy atom. The summed E-state index contributed by atoms with van der Waals surface area (Å²) < 4.78 is 0. The van der Waals surface area contributed by atoms with E-state index in [4.69, 9.17) is 0 Å². The van der Waals surface area contributed by atoms with Crippen molar-refractivity contribution in [3.8, 4) is 0 Å². The van der Waals surface area contributed by atoms with E-state index in [1.165, 1.54) is 12.7 Å². The lowest BCUT2D eigenvalue weighted by molar-refractivity contribution is 1.05. The first-order chi connectivity index (χ1) is 8.26. The highest BCUT2D eigenvalue weighted by Gasteiger charge is 2.30. The molecule has 0 bridgehead atoms. The number of anilines is 1. The number of hydrogen-bond acceptors (Lipinski definition) is 4. The maximum atomic E-state index is 4.11. The third-order valence-electron chi connectivity index (χ3n) is 2.48. The summed E-state index contributed by atoms with van der Waals surface area (Å²) in [7, 11) is -1.79. The summed E-state index contributed by atoms with van der Waals surface area (Å²) in [5.74, 6) is 0.622. The topological polar surface area (TPSA) is 50.7 Å². The normalized spacial score (nSPS) is 10.6. The Morgan fingerprint density at radius 3 is 1.88 bits per heavy atom. The highest BCUT2D eigenvalue weighted by atomic mass is 28.3. The Balaban J connectivity index is 2.90. The molecule has 0 amide bonds. The van der Waals surface area contributed by atoms with E-state index in [2.05, 4.69) is 39.7 Å². The van der Waals surface area contributed by atoms with Gasteiger partial charge in [-0.2, -0.15) is 0 Å². The van der Waals surface area contributed by atoms with Gasteiger partial charge in [0.05, 0.1) is 0 Å². The van der Waals surface area contributed by atoms with Gasteiger partial charge in [0.2, 0.25) is 5.95 Å². The zero-order chi connectivity index (χ0) is 12.6. The molecule has 5 heteroatoms. The van der Waals surface area contributed by atoms with Gasteiger partial charge in [-0.3, -0.25) is 0 Å². The van der Waals surface area contributed by atoms with Gasteiger partial charge in [-0.05, 0) is 18.1 Å². The van der Waals surface area contributed by atoms with Gasteiger partial charge in [-0.25, -0.2) is 15.0 Å². The number of hydrogen-bond donors (Lipinski definition) is 1. The fourth-order valence-corrected chi connectivity index (χ4v) is 4.84. The second kappa shape index (κ2) is 6.75. The van der Waals surface area contributed by atoms with Gasteiger partial charge in [-0.1, -0.05) is 18.2 Å². The molecule has 0 unspecified atom stereocenters. The number of allylic oxidation sites excluding steroid dienone is 3. The average molecular weight is 246 g/mol. The summed E-state index contributed by atoms with van der Waals surface area (Å²) in [5, 5.41) is 0. The van der Waals surface area contributed by atoms with E-state index in [1.54, 1.807) is 0 Å². The highest BCUT2D eigenvalue weighted by Crippen LogP contribution is 2.23. The van der Waals surface area contributed by atoms with Gasteiger partial charge in [-0.15, -0.1) is 19.7 Å². The Labute approximate surface area is 103 Å². The molecule has 1 N–H and O–H groups in total. The summed E-state index contributed by atoms with van der Waals surface area (Å²) in [6.45, 7) is 11.5. The molecule has 0 aliphatic carbocycles. The largest absolute Gasteiger partial charge is 0.379 e. The van der Waals surface area contributed by atoms with Crippen LogP contribution in [0, 0.1) is 0 Å². The molecule has 1 aromatic heterocycles. The molecule has 0 saturated heterocycles. The Kier molecular flexibility index (Phi) is 5.28. The number of nitrogens with one attached hydrogen (secondary N) is 1. The molecule has 0 radical (unpaired) electrons. The molecule has 0 spiro atoms. The average Bonchev–Trinajstić information content (AvgIpc) is 2.31. The van der Waals surface area contributed by atoms with Gasteiger partial charge in [0.25, 0.3) is 0 Å². The van der Waals surface area contributed by atoms with Crippen molar-refractivity contribution in [2.75, 3.05) is 4.98 Å². The van der Waals surface area contributed by atoms with E-state index in [1.807, 2.05) is 18.2 Å². The van der Waals surface area contributed by atoms with Crippen LogP contribution in [0.25, 0.3) is 0 Å². The van der Waals surface area contributed by atoms with Crippen molar-refractivity contribution >= 4 is 14.2 Å². The molecule has 1 rings (SSSR count). The van der Waals surface area contributed by atoms with Crippen LogP contribution in [0.15, 0.2) is 50.6 Å². The highest BCUT2D eigenvalue weighted by molar-refractivity contribution is 6.83.